The van der Waals surface area contributed by atoms with Crippen molar-refractivity contribution in [3.8, 4) is 5.75 Å². The van der Waals surface area contributed by atoms with Gasteiger partial charge in [-0.25, -0.2) is 0 Å². The zero-order chi connectivity index (χ0) is 12.1. The minimum atomic E-state index is -0.945. The topological polar surface area (TPSA) is 57.5 Å². The Bertz CT molecular complexity index is 343. The lowest BCUT2D eigenvalue weighted by atomic mass is 9.95. The summed E-state index contributed by atoms with van der Waals surface area (Å²) in [5.41, 5.74) is 0.849. The molecule has 2 N–H and O–H groups in total. The Balaban J connectivity index is 2.60. The Morgan fingerprint density at radius 2 is 1.88 bits per heavy atom. The lowest BCUT2D eigenvalue weighted by Crippen LogP contribution is -2.28. The standard InChI is InChI=1S/C13H18O3/c1-3-9(2)13(16)12(15)8-10-4-6-11(14)7-5-10/h4-7,9,12,14-15H,3,8H2,1-2H3/t9?,12-/m0/s1. The van der Waals surface area contributed by atoms with Crippen LogP contribution in [0.3, 0.4) is 0 Å². The molecule has 1 aromatic rings. The number of aliphatic hydroxyl groups excluding tert-OH is 1. The molecule has 0 aliphatic heterocycles. The number of rotatable bonds is 5. The molecule has 0 heterocycles. The molecule has 0 bridgehead atoms. The third-order valence-corrected chi connectivity index (χ3v) is 2.79. The van der Waals surface area contributed by atoms with Gasteiger partial charge in [0.05, 0.1) is 0 Å². The Morgan fingerprint density at radius 3 is 2.38 bits per heavy atom. The van der Waals surface area contributed by atoms with Crippen LogP contribution in [0.4, 0.5) is 0 Å². The smallest absolute Gasteiger partial charge is 0.164 e. The van der Waals surface area contributed by atoms with Crippen molar-refractivity contribution in [2.75, 3.05) is 0 Å². The number of aromatic hydroxyl groups is 1. The van der Waals surface area contributed by atoms with E-state index in [0.29, 0.717) is 6.42 Å². The van der Waals surface area contributed by atoms with Crippen LogP contribution in [0.1, 0.15) is 25.8 Å². The molecule has 3 nitrogen and oxygen atoms in total. The van der Waals surface area contributed by atoms with Crippen LogP contribution in [0.5, 0.6) is 5.75 Å². The van der Waals surface area contributed by atoms with Crippen molar-refractivity contribution in [2.45, 2.75) is 32.8 Å². The largest absolute Gasteiger partial charge is 0.508 e. The second-order valence-electron chi connectivity index (χ2n) is 4.10. The van der Waals surface area contributed by atoms with Crippen molar-refractivity contribution < 1.29 is 15.0 Å². The molecule has 0 amide bonds. The second kappa shape index (κ2) is 5.66. The fraction of sp³-hybridized carbons (Fsp3) is 0.462. The predicted octanol–water partition coefficient (Wildman–Crippen LogP) is 1.91. The van der Waals surface area contributed by atoms with E-state index in [1.54, 1.807) is 24.3 Å². The third kappa shape index (κ3) is 3.35. The molecule has 1 aromatic carbocycles. The first-order chi connectivity index (χ1) is 7.54. The summed E-state index contributed by atoms with van der Waals surface area (Å²) in [7, 11) is 0. The van der Waals surface area contributed by atoms with Crippen LogP contribution in [-0.4, -0.2) is 22.1 Å². The first-order valence-electron chi connectivity index (χ1n) is 5.54. The van der Waals surface area contributed by atoms with E-state index in [1.165, 1.54) is 0 Å². The number of carbonyl (C=O) groups is 1. The van der Waals surface area contributed by atoms with Crippen molar-refractivity contribution in [3.05, 3.63) is 29.8 Å². The molecular formula is C13H18O3. The fourth-order valence-corrected chi connectivity index (χ4v) is 1.49. The van der Waals surface area contributed by atoms with Gasteiger partial charge in [0.1, 0.15) is 11.9 Å². The van der Waals surface area contributed by atoms with E-state index in [9.17, 15) is 9.90 Å². The monoisotopic (exact) mass is 222 g/mol. The number of hydrogen-bond acceptors (Lipinski definition) is 3. The maximum Gasteiger partial charge on any atom is 0.164 e. The molecule has 0 radical (unpaired) electrons. The number of benzene rings is 1. The molecule has 0 aliphatic carbocycles. The van der Waals surface area contributed by atoms with E-state index >= 15 is 0 Å². The Hall–Kier alpha value is -1.35. The van der Waals surface area contributed by atoms with Crippen LogP contribution in [-0.2, 0) is 11.2 Å². The quantitative estimate of drug-likeness (QED) is 0.800. The molecule has 0 saturated heterocycles. The number of ketones is 1. The number of Topliss-reactive ketones (excluding diaryl/α,β-unsaturated/α-hetero) is 1. The second-order valence-corrected chi connectivity index (χ2v) is 4.10. The molecule has 0 spiro atoms. The van der Waals surface area contributed by atoms with Gasteiger partial charge < -0.3 is 10.2 Å². The van der Waals surface area contributed by atoms with Crippen LogP contribution in [0.15, 0.2) is 24.3 Å². The third-order valence-electron chi connectivity index (χ3n) is 2.79. The van der Waals surface area contributed by atoms with Gasteiger partial charge in [-0.2, -0.15) is 0 Å². The normalized spacial score (nSPS) is 14.4. The van der Waals surface area contributed by atoms with Gasteiger partial charge in [0.25, 0.3) is 0 Å². The van der Waals surface area contributed by atoms with Crippen molar-refractivity contribution in [3.63, 3.8) is 0 Å². The van der Waals surface area contributed by atoms with Crippen molar-refractivity contribution in [1.29, 1.82) is 0 Å². The Kier molecular flexibility index (Phi) is 4.50. The molecule has 1 rings (SSSR count). The van der Waals surface area contributed by atoms with Crippen LogP contribution >= 0.6 is 0 Å². The number of phenolic OH excluding ortho intramolecular Hbond substituents is 1. The minimum Gasteiger partial charge on any atom is -0.508 e. The molecule has 0 aromatic heterocycles. The molecule has 0 saturated carbocycles. The maximum atomic E-state index is 11.6. The van der Waals surface area contributed by atoms with Gasteiger partial charge >= 0.3 is 0 Å². The predicted molar refractivity (Wildman–Crippen MR) is 62.3 cm³/mol. The van der Waals surface area contributed by atoms with E-state index in [2.05, 4.69) is 0 Å². The highest BCUT2D eigenvalue weighted by atomic mass is 16.3. The van der Waals surface area contributed by atoms with Gasteiger partial charge in [-0.05, 0) is 24.1 Å². The highest BCUT2D eigenvalue weighted by Crippen LogP contribution is 2.14. The van der Waals surface area contributed by atoms with Gasteiger partial charge in [0, 0.05) is 12.3 Å². The van der Waals surface area contributed by atoms with Crippen LogP contribution < -0.4 is 0 Å². The molecule has 0 fully saturated rings. The van der Waals surface area contributed by atoms with E-state index in [1.807, 2.05) is 13.8 Å². The van der Waals surface area contributed by atoms with Gasteiger partial charge in [-0.3, -0.25) is 4.79 Å². The molecule has 0 aliphatic rings. The summed E-state index contributed by atoms with van der Waals surface area (Å²) < 4.78 is 0. The van der Waals surface area contributed by atoms with Crippen LogP contribution in [0, 0.1) is 5.92 Å². The Morgan fingerprint density at radius 1 is 1.31 bits per heavy atom. The molecule has 88 valence electrons. The number of hydrogen-bond donors (Lipinski definition) is 2. The van der Waals surface area contributed by atoms with Crippen LogP contribution in [0.2, 0.25) is 0 Å². The first kappa shape index (κ1) is 12.7. The number of carbonyl (C=O) groups excluding carboxylic acids is 1. The van der Waals surface area contributed by atoms with E-state index in [0.717, 1.165) is 12.0 Å². The summed E-state index contributed by atoms with van der Waals surface area (Å²) >= 11 is 0. The van der Waals surface area contributed by atoms with E-state index in [4.69, 9.17) is 5.11 Å². The molecule has 1 unspecified atom stereocenters. The fourth-order valence-electron chi connectivity index (χ4n) is 1.49. The lowest BCUT2D eigenvalue weighted by molar-refractivity contribution is -0.130. The van der Waals surface area contributed by atoms with Crippen molar-refractivity contribution in [2.24, 2.45) is 5.92 Å². The van der Waals surface area contributed by atoms with E-state index < -0.39 is 6.10 Å². The zero-order valence-corrected chi connectivity index (χ0v) is 9.68. The zero-order valence-electron chi connectivity index (χ0n) is 9.68. The summed E-state index contributed by atoms with van der Waals surface area (Å²) in [6.07, 6.45) is 0.106. The van der Waals surface area contributed by atoms with E-state index in [-0.39, 0.29) is 17.5 Å². The molecule has 3 heteroatoms. The van der Waals surface area contributed by atoms with Gasteiger partial charge in [0.15, 0.2) is 5.78 Å². The summed E-state index contributed by atoms with van der Waals surface area (Å²) in [6, 6.07) is 6.52. The Labute approximate surface area is 95.7 Å². The molecule has 2 atom stereocenters. The number of aliphatic hydroxyl groups is 1. The summed E-state index contributed by atoms with van der Waals surface area (Å²) in [5, 5.41) is 18.8. The summed E-state index contributed by atoms with van der Waals surface area (Å²) in [4.78, 5) is 11.6. The van der Waals surface area contributed by atoms with Crippen molar-refractivity contribution >= 4 is 5.78 Å². The van der Waals surface area contributed by atoms with Crippen LogP contribution in [0.25, 0.3) is 0 Å². The SMILES string of the molecule is CCC(C)C(=O)[C@@H](O)Cc1ccc(O)cc1. The van der Waals surface area contributed by atoms with Gasteiger partial charge in [-0.1, -0.05) is 26.0 Å². The van der Waals surface area contributed by atoms with Crippen molar-refractivity contribution in [1.82, 2.24) is 0 Å². The molecular weight excluding hydrogens is 204 g/mol. The average Bonchev–Trinajstić information content (AvgIpc) is 2.30. The van der Waals surface area contributed by atoms with Gasteiger partial charge in [-0.15, -0.1) is 0 Å². The molecule has 16 heavy (non-hydrogen) atoms. The highest BCUT2D eigenvalue weighted by molar-refractivity contribution is 5.85. The lowest BCUT2D eigenvalue weighted by Gasteiger charge is -2.13. The minimum absolute atomic E-state index is 0.105. The first-order valence-corrected chi connectivity index (χ1v) is 5.54. The summed E-state index contributed by atoms with van der Waals surface area (Å²) in [5.74, 6) is -0.0332. The van der Waals surface area contributed by atoms with Gasteiger partial charge in [0.2, 0.25) is 0 Å². The summed E-state index contributed by atoms with van der Waals surface area (Å²) in [6.45, 7) is 3.75. The average molecular weight is 222 g/mol. The highest BCUT2D eigenvalue weighted by Gasteiger charge is 2.20. The maximum absolute atomic E-state index is 11.6. The number of phenols is 1.